The molecule has 1 aromatic carbocycles. The third-order valence-electron chi connectivity index (χ3n) is 4.01. The van der Waals surface area contributed by atoms with Gasteiger partial charge in [-0.1, -0.05) is 18.2 Å². The number of aliphatic imine (C=N–C) groups is 1. The minimum Gasteiger partial charge on any atom is -0.434 e. The van der Waals surface area contributed by atoms with Gasteiger partial charge in [0.1, 0.15) is 11.6 Å². The van der Waals surface area contributed by atoms with Gasteiger partial charge in [0.05, 0.1) is 13.1 Å². The summed E-state index contributed by atoms with van der Waals surface area (Å²) in [6.45, 7) is 0.414. The molecule has 0 unspecified atom stereocenters. The van der Waals surface area contributed by atoms with E-state index in [4.69, 9.17) is 0 Å². The van der Waals surface area contributed by atoms with Gasteiger partial charge in [0, 0.05) is 19.2 Å². The molecule has 0 bridgehead atoms. The summed E-state index contributed by atoms with van der Waals surface area (Å²) in [7, 11) is 1.90. The predicted octanol–water partition coefficient (Wildman–Crippen LogP) is 3.33. The van der Waals surface area contributed by atoms with Crippen molar-refractivity contribution in [2.75, 3.05) is 18.6 Å². The number of halogens is 3. The zero-order valence-corrected chi connectivity index (χ0v) is 19.8. The molecular weight excluding hydrogens is 513 g/mol. The lowest BCUT2D eigenvalue weighted by molar-refractivity contribution is -0.0504. The highest BCUT2D eigenvalue weighted by atomic mass is 127. The molecule has 0 radical (unpaired) electrons. The van der Waals surface area contributed by atoms with Crippen LogP contribution in [-0.2, 0) is 20.1 Å². The molecule has 7 nitrogen and oxygen atoms in total. The summed E-state index contributed by atoms with van der Waals surface area (Å²) in [5.74, 6) is 3.34. The molecule has 29 heavy (non-hydrogen) atoms. The van der Waals surface area contributed by atoms with Gasteiger partial charge in [-0.05, 0) is 31.4 Å². The number of hydrogen-bond acceptors (Lipinski definition) is 5. The van der Waals surface area contributed by atoms with Crippen LogP contribution in [0.25, 0.3) is 0 Å². The van der Waals surface area contributed by atoms with Gasteiger partial charge in [0.25, 0.3) is 0 Å². The van der Waals surface area contributed by atoms with Crippen LogP contribution in [0.3, 0.4) is 0 Å². The van der Waals surface area contributed by atoms with Crippen LogP contribution >= 0.6 is 35.7 Å². The highest BCUT2D eigenvalue weighted by molar-refractivity contribution is 14.0. The molecule has 0 aliphatic carbocycles. The average molecular weight is 540 g/mol. The van der Waals surface area contributed by atoms with E-state index in [2.05, 4.69) is 36.8 Å². The lowest BCUT2D eigenvalue weighted by Gasteiger charge is -2.13. The first-order chi connectivity index (χ1) is 13.5. The van der Waals surface area contributed by atoms with Crippen LogP contribution in [0.15, 0.2) is 29.3 Å². The maximum absolute atomic E-state index is 12.6. The fourth-order valence-corrected chi connectivity index (χ4v) is 2.81. The molecule has 1 heterocycles. The van der Waals surface area contributed by atoms with Crippen molar-refractivity contribution in [3.8, 4) is 5.75 Å². The minimum absolute atomic E-state index is 0. The smallest absolute Gasteiger partial charge is 0.387 e. The second-order valence-corrected chi connectivity index (χ2v) is 6.99. The Kier molecular flexibility index (Phi) is 11.9. The fraction of sp³-hybridized carbons (Fsp3) is 0.500. The first kappa shape index (κ1) is 25.4. The van der Waals surface area contributed by atoms with Crippen molar-refractivity contribution >= 4 is 41.7 Å². The lowest BCUT2D eigenvalue weighted by Crippen LogP contribution is -2.38. The number of nitrogens with one attached hydrogen (secondary N) is 2. The molecule has 2 rings (SSSR count). The molecule has 11 heteroatoms. The van der Waals surface area contributed by atoms with Crippen LogP contribution < -0.4 is 15.4 Å². The summed E-state index contributed by atoms with van der Waals surface area (Å²) in [4.78, 5) is 4.52. The van der Waals surface area contributed by atoms with E-state index in [0.717, 1.165) is 30.4 Å². The Labute approximate surface area is 191 Å². The largest absolute Gasteiger partial charge is 0.434 e. The third-order valence-corrected chi connectivity index (χ3v) is 4.71. The number of hydrogen-bond donors (Lipinski definition) is 2. The van der Waals surface area contributed by atoms with Gasteiger partial charge in [-0.3, -0.25) is 0 Å². The van der Waals surface area contributed by atoms with Gasteiger partial charge in [-0.15, -0.1) is 34.2 Å². The molecule has 0 fully saturated rings. The van der Waals surface area contributed by atoms with Crippen molar-refractivity contribution in [1.82, 2.24) is 25.4 Å². The van der Waals surface area contributed by atoms with Crippen molar-refractivity contribution < 1.29 is 13.5 Å². The highest BCUT2D eigenvalue weighted by Crippen LogP contribution is 2.20. The van der Waals surface area contributed by atoms with Crippen molar-refractivity contribution in [2.45, 2.75) is 33.0 Å². The topological polar surface area (TPSA) is 76.4 Å². The molecule has 162 valence electrons. The Balaban J connectivity index is 0.00000420. The van der Waals surface area contributed by atoms with Crippen LogP contribution in [-0.4, -0.2) is 45.9 Å². The van der Waals surface area contributed by atoms with Gasteiger partial charge < -0.3 is 19.9 Å². The fourth-order valence-electron chi connectivity index (χ4n) is 2.37. The number of thioether (sulfide) groups is 1. The molecule has 0 atom stereocenters. The van der Waals surface area contributed by atoms with Gasteiger partial charge in [0.15, 0.2) is 11.8 Å². The first-order valence-corrected chi connectivity index (χ1v) is 10.3. The number of nitrogens with zero attached hydrogens (tertiary/aromatic N) is 4. The first-order valence-electron chi connectivity index (χ1n) is 8.90. The zero-order chi connectivity index (χ0) is 20.4. The Morgan fingerprint density at radius 3 is 2.69 bits per heavy atom. The quantitative estimate of drug-likeness (QED) is 0.209. The number of benzene rings is 1. The standard InChI is InChI=1S/C18H26F2N6OS.HI/c1-13-24-25-16(26(13)2)12-23-18(21-9-6-10-28-3)22-11-14-7-4-5-8-15(14)27-17(19)20;/h4-5,7-8,17H,6,9-12H2,1-3H3,(H2,21,22,23);1H. The lowest BCUT2D eigenvalue weighted by atomic mass is 10.2. The number of aryl methyl sites for hydroxylation is 1. The van der Waals surface area contributed by atoms with Gasteiger partial charge >= 0.3 is 6.61 Å². The van der Waals surface area contributed by atoms with E-state index in [1.807, 2.05) is 18.5 Å². The molecule has 1 aromatic heterocycles. The second-order valence-electron chi connectivity index (χ2n) is 6.00. The SMILES string of the molecule is CSCCCNC(=NCc1ccccc1OC(F)F)NCc1nnc(C)n1C.I. The van der Waals surface area contributed by atoms with E-state index >= 15 is 0 Å². The van der Waals surface area contributed by atoms with Crippen LogP contribution in [0.5, 0.6) is 5.75 Å². The normalized spacial score (nSPS) is 11.3. The molecule has 0 amide bonds. The molecule has 0 aliphatic heterocycles. The van der Waals surface area contributed by atoms with Gasteiger partial charge in [-0.25, -0.2) is 4.99 Å². The number of para-hydroxylation sites is 1. The van der Waals surface area contributed by atoms with Crippen LogP contribution in [0.2, 0.25) is 0 Å². The molecule has 0 saturated heterocycles. The molecular formula is C18H27F2IN6OS. The van der Waals surface area contributed by atoms with E-state index < -0.39 is 6.61 Å². The molecule has 2 aromatic rings. The Hall–Kier alpha value is -1.63. The van der Waals surface area contributed by atoms with E-state index in [1.54, 1.807) is 30.0 Å². The summed E-state index contributed by atoms with van der Waals surface area (Å²) >= 11 is 1.78. The summed E-state index contributed by atoms with van der Waals surface area (Å²) in [6.07, 6.45) is 3.04. The average Bonchev–Trinajstić information content (AvgIpc) is 2.99. The third kappa shape index (κ3) is 8.72. The number of alkyl halides is 2. The van der Waals surface area contributed by atoms with E-state index in [0.29, 0.717) is 18.1 Å². The van der Waals surface area contributed by atoms with E-state index in [9.17, 15) is 8.78 Å². The monoisotopic (exact) mass is 540 g/mol. The highest BCUT2D eigenvalue weighted by Gasteiger charge is 2.10. The van der Waals surface area contributed by atoms with Crippen molar-refractivity contribution in [3.63, 3.8) is 0 Å². The minimum atomic E-state index is -2.87. The number of rotatable bonds is 10. The van der Waals surface area contributed by atoms with E-state index in [1.165, 1.54) is 6.07 Å². The Bertz CT molecular complexity index is 775. The Morgan fingerprint density at radius 1 is 1.28 bits per heavy atom. The molecule has 0 aliphatic rings. The van der Waals surface area contributed by atoms with E-state index in [-0.39, 0.29) is 36.3 Å². The van der Waals surface area contributed by atoms with Crippen molar-refractivity contribution in [1.29, 1.82) is 0 Å². The predicted molar refractivity (Wildman–Crippen MR) is 123 cm³/mol. The number of aromatic nitrogens is 3. The van der Waals surface area contributed by atoms with Gasteiger partial charge in [0.2, 0.25) is 0 Å². The van der Waals surface area contributed by atoms with Crippen LogP contribution in [0.1, 0.15) is 23.6 Å². The molecule has 0 saturated carbocycles. The maximum Gasteiger partial charge on any atom is 0.387 e. The summed E-state index contributed by atoms with van der Waals surface area (Å²) in [6, 6.07) is 6.66. The van der Waals surface area contributed by atoms with Crippen LogP contribution in [0, 0.1) is 6.92 Å². The Morgan fingerprint density at radius 2 is 2.03 bits per heavy atom. The van der Waals surface area contributed by atoms with Gasteiger partial charge in [-0.2, -0.15) is 20.5 Å². The van der Waals surface area contributed by atoms with Crippen LogP contribution in [0.4, 0.5) is 8.78 Å². The zero-order valence-electron chi connectivity index (χ0n) is 16.7. The van der Waals surface area contributed by atoms with Crippen molar-refractivity contribution in [3.05, 3.63) is 41.5 Å². The number of guanidine groups is 1. The van der Waals surface area contributed by atoms with Crippen molar-refractivity contribution in [2.24, 2.45) is 12.0 Å². The maximum atomic E-state index is 12.6. The number of ether oxygens (including phenoxy) is 1. The summed E-state index contributed by atoms with van der Waals surface area (Å²) < 4.78 is 31.6. The second kappa shape index (κ2) is 13.6. The molecule has 0 spiro atoms. The summed E-state index contributed by atoms with van der Waals surface area (Å²) in [5.41, 5.74) is 0.586. The molecule has 2 N–H and O–H groups in total. The summed E-state index contributed by atoms with van der Waals surface area (Å²) in [5, 5.41) is 14.6.